The molecule has 0 radical (unpaired) electrons. The molecule has 4 aromatic carbocycles. The van der Waals surface area contributed by atoms with Crippen LogP contribution in [-0.2, 0) is 9.59 Å². The average molecular weight is 447 g/mol. The number of nitrogens with one attached hydrogen (secondary N) is 1. The maximum Gasteiger partial charge on any atom is 0.282 e. The van der Waals surface area contributed by atoms with Crippen molar-refractivity contribution in [1.29, 1.82) is 0 Å². The molecule has 5 rings (SSSR count). The minimum absolute atomic E-state index is 0.290. The van der Waals surface area contributed by atoms with E-state index in [0.29, 0.717) is 22.7 Å². The lowest BCUT2D eigenvalue weighted by molar-refractivity contribution is -0.120. The van der Waals surface area contributed by atoms with Crippen LogP contribution in [0.3, 0.4) is 0 Å². The van der Waals surface area contributed by atoms with E-state index in [1.54, 1.807) is 0 Å². The molecule has 0 spiro atoms. The SMILES string of the molecule is Cc1ccc(C2=C(Nc3cccc4ccccc34)C(=O)N(c3ccc(C(C)C)cc3)C2=O)cc1. The Morgan fingerprint density at radius 3 is 2.12 bits per heavy atom. The molecule has 4 heteroatoms. The van der Waals surface area contributed by atoms with Gasteiger partial charge in [0.1, 0.15) is 5.70 Å². The Labute approximate surface area is 199 Å². The number of fused-ring (bicyclic) bond motifs is 1. The number of hydrogen-bond acceptors (Lipinski definition) is 3. The van der Waals surface area contributed by atoms with Crippen molar-refractivity contribution in [1.82, 2.24) is 0 Å². The van der Waals surface area contributed by atoms with Crippen LogP contribution in [0.1, 0.15) is 36.5 Å². The van der Waals surface area contributed by atoms with Crippen LogP contribution in [-0.4, -0.2) is 11.8 Å². The Morgan fingerprint density at radius 1 is 0.735 bits per heavy atom. The molecule has 4 aromatic rings. The van der Waals surface area contributed by atoms with Crippen molar-refractivity contribution < 1.29 is 9.59 Å². The molecule has 0 bridgehead atoms. The van der Waals surface area contributed by atoms with Crippen molar-refractivity contribution in [3.8, 4) is 0 Å². The van der Waals surface area contributed by atoms with Crippen molar-refractivity contribution in [2.75, 3.05) is 10.2 Å². The zero-order chi connectivity index (χ0) is 23.8. The molecule has 1 aliphatic rings. The van der Waals surface area contributed by atoms with Crippen LogP contribution in [0, 0.1) is 6.92 Å². The molecule has 0 saturated carbocycles. The number of nitrogens with zero attached hydrogens (tertiary/aromatic N) is 1. The van der Waals surface area contributed by atoms with Crippen LogP contribution in [0.15, 0.2) is 96.7 Å². The molecule has 2 amide bonds. The summed E-state index contributed by atoms with van der Waals surface area (Å²) < 4.78 is 0. The number of hydrogen-bond donors (Lipinski definition) is 1. The topological polar surface area (TPSA) is 49.4 Å². The van der Waals surface area contributed by atoms with E-state index >= 15 is 0 Å². The molecule has 0 fully saturated rings. The summed E-state index contributed by atoms with van der Waals surface area (Å²) in [5.74, 6) is -0.316. The van der Waals surface area contributed by atoms with Gasteiger partial charge in [-0.2, -0.15) is 0 Å². The van der Waals surface area contributed by atoms with E-state index in [4.69, 9.17) is 0 Å². The summed E-state index contributed by atoms with van der Waals surface area (Å²) in [6.45, 7) is 6.23. The third kappa shape index (κ3) is 3.77. The fourth-order valence-electron chi connectivity index (χ4n) is 4.35. The van der Waals surface area contributed by atoms with Gasteiger partial charge < -0.3 is 5.32 Å². The molecule has 168 valence electrons. The Morgan fingerprint density at radius 2 is 1.41 bits per heavy atom. The minimum atomic E-state index is -0.356. The lowest BCUT2D eigenvalue weighted by atomic mass is 10.0. The maximum atomic E-state index is 13.7. The van der Waals surface area contributed by atoms with Gasteiger partial charge in [0.2, 0.25) is 0 Å². The molecule has 0 saturated heterocycles. The smallest absolute Gasteiger partial charge is 0.282 e. The van der Waals surface area contributed by atoms with Gasteiger partial charge in [-0.1, -0.05) is 92.2 Å². The lowest BCUT2D eigenvalue weighted by Gasteiger charge is -2.17. The van der Waals surface area contributed by atoms with Gasteiger partial charge in [0, 0.05) is 11.1 Å². The van der Waals surface area contributed by atoms with Crippen molar-refractivity contribution in [3.05, 3.63) is 113 Å². The molecular weight excluding hydrogens is 420 g/mol. The van der Waals surface area contributed by atoms with Gasteiger partial charge >= 0.3 is 0 Å². The van der Waals surface area contributed by atoms with Gasteiger partial charge in [0.25, 0.3) is 11.8 Å². The van der Waals surface area contributed by atoms with E-state index in [0.717, 1.165) is 27.6 Å². The van der Waals surface area contributed by atoms with Crippen LogP contribution >= 0.6 is 0 Å². The second-order valence-electron chi connectivity index (χ2n) is 8.96. The largest absolute Gasteiger partial charge is 0.350 e. The summed E-state index contributed by atoms with van der Waals surface area (Å²) in [6.07, 6.45) is 0. The third-order valence-electron chi connectivity index (χ3n) is 6.29. The van der Waals surface area contributed by atoms with E-state index in [1.807, 2.05) is 97.9 Å². The number of imide groups is 1. The number of carbonyl (C=O) groups is 2. The first kappa shape index (κ1) is 21.7. The standard InChI is InChI=1S/C30H26N2O2/c1-19(2)21-15-17-24(18-16-21)32-29(33)27(23-13-11-20(3)12-14-23)28(30(32)34)31-26-10-6-8-22-7-4-5-9-25(22)26/h4-19,31H,1-3H3. The van der Waals surface area contributed by atoms with Crippen LogP contribution in [0.2, 0.25) is 0 Å². The lowest BCUT2D eigenvalue weighted by Crippen LogP contribution is -2.32. The van der Waals surface area contributed by atoms with Gasteiger partial charge in [-0.3, -0.25) is 9.59 Å². The summed E-state index contributed by atoms with van der Waals surface area (Å²) in [4.78, 5) is 28.7. The number of carbonyl (C=O) groups excluding carboxylic acids is 2. The van der Waals surface area contributed by atoms with Crippen LogP contribution in [0.5, 0.6) is 0 Å². The van der Waals surface area contributed by atoms with E-state index in [1.165, 1.54) is 4.90 Å². The Balaban J connectivity index is 1.62. The molecule has 1 aliphatic heterocycles. The quantitative estimate of drug-likeness (QED) is 0.348. The monoisotopic (exact) mass is 446 g/mol. The van der Waals surface area contributed by atoms with E-state index in [2.05, 4.69) is 19.2 Å². The normalized spacial score (nSPS) is 13.9. The van der Waals surface area contributed by atoms with Crippen LogP contribution in [0.4, 0.5) is 11.4 Å². The summed E-state index contributed by atoms with van der Waals surface area (Å²) in [5.41, 5.74) is 4.99. The number of aryl methyl sites for hydroxylation is 1. The number of anilines is 2. The van der Waals surface area contributed by atoms with E-state index < -0.39 is 0 Å². The van der Waals surface area contributed by atoms with Gasteiger partial charge in [-0.25, -0.2) is 4.90 Å². The fourth-order valence-corrected chi connectivity index (χ4v) is 4.35. The van der Waals surface area contributed by atoms with Gasteiger partial charge in [0.15, 0.2) is 0 Å². The van der Waals surface area contributed by atoms with E-state index in [9.17, 15) is 9.59 Å². The highest BCUT2D eigenvalue weighted by molar-refractivity contribution is 6.46. The van der Waals surface area contributed by atoms with E-state index in [-0.39, 0.29) is 17.5 Å². The van der Waals surface area contributed by atoms with Crippen molar-refractivity contribution in [2.24, 2.45) is 0 Å². The molecule has 0 unspecified atom stereocenters. The molecular formula is C30H26N2O2. The number of benzene rings is 4. The van der Waals surface area contributed by atoms with Gasteiger partial charge in [0.05, 0.1) is 11.3 Å². The highest BCUT2D eigenvalue weighted by Crippen LogP contribution is 2.35. The van der Waals surface area contributed by atoms with Gasteiger partial charge in [-0.15, -0.1) is 0 Å². The third-order valence-corrected chi connectivity index (χ3v) is 6.29. The van der Waals surface area contributed by atoms with Gasteiger partial charge in [-0.05, 0) is 47.6 Å². The van der Waals surface area contributed by atoms with Crippen molar-refractivity contribution >= 4 is 39.5 Å². The molecule has 1 heterocycles. The molecule has 0 atom stereocenters. The fraction of sp³-hybridized carbons (Fsp3) is 0.133. The summed E-state index contributed by atoms with van der Waals surface area (Å²) in [5, 5.41) is 5.37. The Bertz CT molecular complexity index is 1430. The predicted octanol–water partition coefficient (Wildman–Crippen LogP) is 6.67. The minimum Gasteiger partial charge on any atom is -0.350 e. The number of rotatable bonds is 5. The first-order chi connectivity index (χ1) is 16.4. The Kier molecular flexibility index (Phi) is 5.50. The van der Waals surface area contributed by atoms with Crippen molar-refractivity contribution in [3.63, 3.8) is 0 Å². The first-order valence-electron chi connectivity index (χ1n) is 11.5. The molecule has 34 heavy (non-hydrogen) atoms. The Hall–Kier alpha value is -4.18. The maximum absolute atomic E-state index is 13.7. The summed E-state index contributed by atoms with van der Waals surface area (Å²) >= 11 is 0. The predicted molar refractivity (Wildman–Crippen MR) is 139 cm³/mol. The highest BCUT2D eigenvalue weighted by Gasteiger charge is 2.40. The molecule has 1 N–H and O–H groups in total. The second-order valence-corrected chi connectivity index (χ2v) is 8.96. The zero-order valence-electron chi connectivity index (χ0n) is 19.5. The van der Waals surface area contributed by atoms with Crippen molar-refractivity contribution in [2.45, 2.75) is 26.7 Å². The molecule has 0 aromatic heterocycles. The zero-order valence-corrected chi connectivity index (χ0v) is 19.5. The molecule has 0 aliphatic carbocycles. The average Bonchev–Trinajstić information content (AvgIpc) is 3.09. The van der Waals surface area contributed by atoms with Crippen LogP contribution < -0.4 is 10.2 Å². The second kappa shape index (κ2) is 8.64. The molecule has 4 nitrogen and oxygen atoms in total. The first-order valence-corrected chi connectivity index (χ1v) is 11.5. The summed E-state index contributed by atoms with van der Waals surface area (Å²) in [6, 6.07) is 29.2. The summed E-state index contributed by atoms with van der Waals surface area (Å²) in [7, 11) is 0. The van der Waals surface area contributed by atoms with Crippen LogP contribution in [0.25, 0.3) is 16.3 Å². The highest BCUT2D eigenvalue weighted by atomic mass is 16.2. The number of amides is 2.